The van der Waals surface area contributed by atoms with Crippen molar-refractivity contribution >= 4 is 49.8 Å². The van der Waals surface area contributed by atoms with Gasteiger partial charge in [0.1, 0.15) is 6.04 Å². The zero-order valence-electron chi connectivity index (χ0n) is 22.5. The summed E-state index contributed by atoms with van der Waals surface area (Å²) in [7, 11) is -7.33. The second-order valence-corrected chi connectivity index (χ2v) is 17.7. The van der Waals surface area contributed by atoms with Crippen molar-refractivity contribution in [2.45, 2.75) is 51.2 Å². The third-order valence-corrected chi connectivity index (χ3v) is 15.9. The van der Waals surface area contributed by atoms with Gasteiger partial charge in [-0.3, -0.25) is 9.36 Å². The molecule has 1 spiro atoms. The van der Waals surface area contributed by atoms with Gasteiger partial charge in [0.15, 0.2) is 0 Å². The van der Waals surface area contributed by atoms with Gasteiger partial charge in [-0.2, -0.15) is 0 Å². The predicted octanol–water partition coefficient (Wildman–Crippen LogP) is 5.47. The molecule has 3 aromatic rings. The Morgan fingerprint density at radius 2 is 1.57 bits per heavy atom. The van der Waals surface area contributed by atoms with Crippen LogP contribution in [0.2, 0.25) is 0 Å². The van der Waals surface area contributed by atoms with Crippen LogP contribution in [0.1, 0.15) is 44.7 Å². The van der Waals surface area contributed by atoms with Gasteiger partial charge in [-0.1, -0.05) is 78.3 Å². The summed E-state index contributed by atoms with van der Waals surface area (Å²) in [6.07, 6.45) is 2.55. The summed E-state index contributed by atoms with van der Waals surface area (Å²) in [5.41, 5.74) is 0.273. The molecule has 3 aromatic carbocycles. The highest BCUT2D eigenvalue weighted by Gasteiger charge is 2.74. The molecule has 208 valence electrons. The summed E-state index contributed by atoms with van der Waals surface area (Å²) < 4.78 is 46.9. The molecule has 2 saturated heterocycles. The van der Waals surface area contributed by atoms with Gasteiger partial charge in [-0.25, -0.2) is 17.4 Å². The molecule has 9 heteroatoms. The highest BCUT2D eigenvalue weighted by atomic mass is 79.9. The van der Waals surface area contributed by atoms with Crippen LogP contribution in [-0.2, 0) is 19.4 Å². The Balaban J connectivity index is 1.37. The van der Waals surface area contributed by atoms with E-state index in [1.165, 1.54) is 4.31 Å². The molecule has 6 nitrogen and oxygen atoms in total. The van der Waals surface area contributed by atoms with Crippen molar-refractivity contribution in [3.8, 4) is 0 Å². The average Bonchev–Trinajstić information content (AvgIpc) is 3.53. The standard InChI is InChI=1S/C31H32BrN2O4PS/c1-30(2)22-16-17-31(30)20-40(37,38)34(26(31)19-22)29(35)28-27(21-10-9-11-23(32)18-21)33(28)39(36,24-12-5-3-6-13-24)25-14-7-4-8-15-25/h3-15,18,22,26-28H,16-17,19-20H2,1-2H3/t22-,26-,27+,28+,31-,33?/m0/s1. The minimum Gasteiger partial charge on any atom is -0.296 e. The van der Waals surface area contributed by atoms with Crippen LogP contribution in [0.3, 0.4) is 0 Å². The Morgan fingerprint density at radius 1 is 0.950 bits per heavy atom. The molecule has 2 aliphatic carbocycles. The Labute approximate surface area is 244 Å². The average molecular weight is 640 g/mol. The van der Waals surface area contributed by atoms with Gasteiger partial charge in [-0.05, 0) is 72.6 Å². The number of amides is 1. The Hall–Kier alpha value is -2.25. The van der Waals surface area contributed by atoms with Crippen molar-refractivity contribution in [1.82, 2.24) is 8.98 Å². The maximum absolute atomic E-state index is 15.4. The first kappa shape index (κ1) is 26.6. The maximum Gasteiger partial charge on any atom is 0.256 e. The molecular weight excluding hydrogens is 607 g/mol. The fraction of sp³-hybridized carbons (Fsp3) is 0.387. The summed E-state index contributed by atoms with van der Waals surface area (Å²) in [6.45, 7) is 4.36. The first-order valence-corrected chi connectivity index (χ1v) is 17.9. The number of rotatable bonds is 5. The summed E-state index contributed by atoms with van der Waals surface area (Å²) in [5, 5.41) is 1.25. The van der Waals surface area contributed by atoms with E-state index in [9.17, 15) is 13.2 Å². The van der Waals surface area contributed by atoms with Crippen LogP contribution in [-0.4, -0.2) is 41.1 Å². The molecule has 1 amide bonds. The van der Waals surface area contributed by atoms with E-state index in [1.54, 1.807) is 4.67 Å². The number of fused-ring (bicyclic) bond motifs is 1. The summed E-state index contributed by atoms with van der Waals surface area (Å²) in [4.78, 5) is 14.6. The quantitative estimate of drug-likeness (QED) is 0.274. The van der Waals surface area contributed by atoms with Gasteiger partial charge in [-0.15, -0.1) is 0 Å². The molecule has 7 rings (SSSR count). The number of halogens is 1. The SMILES string of the molecule is CC1(C)[C@H]2CC[C@@]13CS(=O)(=O)N(C(=O)[C@H]1[C@@H](c4cccc(Br)c4)N1P(=O)(c1ccccc1)c1ccccc1)[C@H]3C2. The number of sulfonamides is 1. The second kappa shape index (κ2) is 8.87. The van der Waals surface area contributed by atoms with Crippen LogP contribution >= 0.6 is 23.2 Å². The molecule has 2 bridgehead atoms. The minimum atomic E-state index is -3.82. The Kier molecular flexibility index (Phi) is 5.91. The van der Waals surface area contributed by atoms with E-state index >= 15 is 4.57 Å². The van der Waals surface area contributed by atoms with Crippen molar-refractivity contribution < 1.29 is 17.8 Å². The zero-order chi connectivity index (χ0) is 28.1. The van der Waals surface area contributed by atoms with Crippen LogP contribution in [0.5, 0.6) is 0 Å². The number of hydrogen-bond donors (Lipinski definition) is 0. The van der Waals surface area contributed by atoms with E-state index in [4.69, 9.17) is 0 Å². The number of nitrogens with zero attached hydrogens (tertiary/aromatic N) is 2. The summed E-state index contributed by atoms with van der Waals surface area (Å²) in [6, 6.07) is 24.5. The van der Waals surface area contributed by atoms with E-state index < -0.39 is 40.7 Å². The molecule has 0 radical (unpaired) electrons. The Morgan fingerprint density at radius 3 is 2.15 bits per heavy atom. The van der Waals surface area contributed by atoms with Crippen molar-refractivity contribution in [1.29, 1.82) is 0 Å². The molecule has 6 atom stereocenters. The first-order valence-electron chi connectivity index (χ1n) is 13.8. The lowest BCUT2D eigenvalue weighted by Gasteiger charge is -2.37. The number of carbonyl (C=O) groups excluding carboxylic acids is 1. The molecule has 2 heterocycles. The van der Waals surface area contributed by atoms with Crippen molar-refractivity contribution in [2.75, 3.05) is 5.75 Å². The van der Waals surface area contributed by atoms with Crippen LogP contribution in [0.15, 0.2) is 89.4 Å². The molecule has 4 fully saturated rings. The minimum absolute atomic E-state index is 0.0171. The van der Waals surface area contributed by atoms with Gasteiger partial charge in [0.25, 0.3) is 5.91 Å². The van der Waals surface area contributed by atoms with Gasteiger partial charge in [0.05, 0.1) is 17.8 Å². The van der Waals surface area contributed by atoms with Crippen molar-refractivity contribution in [3.63, 3.8) is 0 Å². The maximum atomic E-state index is 15.4. The lowest BCUT2D eigenvalue weighted by atomic mass is 9.69. The lowest BCUT2D eigenvalue weighted by Crippen LogP contribution is -2.46. The summed E-state index contributed by atoms with van der Waals surface area (Å²) >= 11 is 3.55. The monoisotopic (exact) mass is 638 g/mol. The molecule has 0 N–H and O–H groups in total. The third kappa shape index (κ3) is 3.52. The fourth-order valence-corrected chi connectivity index (χ4v) is 14.3. The zero-order valence-corrected chi connectivity index (χ0v) is 25.8. The third-order valence-electron chi connectivity index (χ3n) is 10.4. The highest BCUT2D eigenvalue weighted by Crippen LogP contribution is 2.71. The van der Waals surface area contributed by atoms with E-state index in [2.05, 4.69) is 29.8 Å². The second-order valence-electron chi connectivity index (χ2n) is 12.3. The Bertz CT molecular complexity index is 1620. The van der Waals surface area contributed by atoms with E-state index in [0.29, 0.717) is 22.9 Å². The van der Waals surface area contributed by atoms with Crippen LogP contribution in [0.4, 0.5) is 0 Å². The van der Waals surface area contributed by atoms with Crippen molar-refractivity contribution in [3.05, 3.63) is 95.0 Å². The molecule has 4 aliphatic rings. The van der Waals surface area contributed by atoms with Crippen LogP contribution in [0.25, 0.3) is 0 Å². The van der Waals surface area contributed by atoms with Crippen LogP contribution < -0.4 is 10.6 Å². The van der Waals surface area contributed by atoms with E-state index in [-0.39, 0.29) is 17.2 Å². The molecule has 2 aliphatic heterocycles. The summed E-state index contributed by atoms with van der Waals surface area (Å²) in [5.74, 6) is -0.0232. The number of benzene rings is 3. The fourth-order valence-electron chi connectivity index (χ4n) is 8.23. The smallest absolute Gasteiger partial charge is 0.256 e. The predicted molar refractivity (Wildman–Crippen MR) is 160 cm³/mol. The van der Waals surface area contributed by atoms with Gasteiger partial charge >= 0.3 is 0 Å². The molecule has 2 saturated carbocycles. The number of hydrogen-bond acceptors (Lipinski definition) is 4. The van der Waals surface area contributed by atoms with Crippen LogP contribution in [0, 0.1) is 16.7 Å². The first-order chi connectivity index (χ1) is 19.0. The van der Waals surface area contributed by atoms with Gasteiger partial charge in [0, 0.05) is 20.5 Å². The van der Waals surface area contributed by atoms with E-state index in [1.807, 2.05) is 84.9 Å². The highest BCUT2D eigenvalue weighted by molar-refractivity contribution is 9.10. The van der Waals surface area contributed by atoms with Gasteiger partial charge in [0.2, 0.25) is 17.3 Å². The normalized spacial score (nSPS) is 33.1. The molecule has 40 heavy (non-hydrogen) atoms. The largest absolute Gasteiger partial charge is 0.296 e. The topological polar surface area (TPSA) is 74.5 Å². The molecular formula is C31H32BrN2O4PS. The van der Waals surface area contributed by atoms with Crippen molar-refractivity contribution in [2.24, 2.45) is 16.7 Å². The lowest BCUT2D eigenvalue weighted by molar-refractivity contribution is -0.129. The van der Waals surface area contributed by atoms with Gasteiger partial charge < -0.3 is 0 Å². The molecule has 1 unspecified atom stereocenters. The number of carbonyl (C=O) groups is 1. The molecule has 0 aromatic heterocycles. The van der Waals surface area contributed by atoms with E-state index in [0.717, 1.165) is 22.9 Å².